The molecule has 0 atom stereocenters. The molecule has 5 heteroatoms. The Balaban J connectivity index is 1.89. The highest BCUT2D eigenvalue weighted by atomic mass is 35.5. The van der Waals surface area contributed by atoms with Gasteiger partial charge in [-0.2, -0.15) is 4.98 Å². The summed E-state index contributed by atoms with van der Waals surface area (Å²) in [6.45, 7) is 2.91. The minimum absolute atomic E-state index is 0.519. The van der Waals surface area contributed by atoms with Gasteiger partial charge in [-0.15, -0.1) is 0 Å². The number of nitrogens with zero attached hydrogens (tertiary/aromatic N) is 3. The lowest BCUT2D eigenvalue weighted by Gasteiger charge is -2.22. The molecule has 3 aromatic rings. The molecule has 1 aromatic heterocycles. The first-order chi connectivity index (χ1) is 11.3. The van der Waals surface area contributed by atoms with E-state index in [1.54, 1.807) is 6.20 Å². The second-order valence-corrected chi connectivity index (χ2v) is 5.33. The van der Waals surface area contributed by atoms with Crippen LogP contribution in [0, 0.1) is 0 Å². The van der Waals surface area contributed by atoms with Crippen molar-refractivity contribution < 1.29 is 0 Å². The second kappa shape index (κ2) is 7.11. The minimum Gasteiger partial charge on any atom is -0.327 e. The molecular weight excluding hydrogens is 308 g/mol. The summed E-state index contributed by atoms with van der Waals surface area (Å²) in [4.78, 5) is 11.0. The number of halogens is 1. The molecule has 1 N–H and O–H groups in total. The van der Waals surface area contributed by atoms with E-state index in [0.29, 0.717) is 11.0 Å². The van der Waals surface area contributed by atoms with Crippen LogP contribution in [-0.4, -0.2) is 16.5 Å². The summed E-state index contributed by atoms with van der Waals surface area (Å²) in [6, 6.07) is 19.6. The maximum atomic E-state index is 6.17. The maximum Gasteiger partial charge on any atom is 0.229 e. The molecule has 3 rings (SSSR count). The molecule has 0 unspecified atom stereocenters. The summed E-state index contributed by atoms with van der Waals surface area (Å²) in [6.07, 6.45) is 1.74. The zero-order valence-electron chi connectivity index (χ0n) is 12.8. The van der Waals surface area contributed by atoms with Gasteiger partial charge in [0.25, 0.3) is 0 Å². The Hall–Kier alpha value is -2.59. The lowest BCUT2D eigenvalue weighted by atomic mass is 10.3. The van der Waals surface area contributed by atoms with Crippen molar-refractivity contribution in [2.45, 2.75) is 6.92 Å². The molecule has 0 saturated heterocycles. The van der Waals surface area contributed by atoms with Gasteiger partial charge in [0.05, 0.1) is 10.7 Å². The van der Waals surface area contributed by atoms with Crippen molar-refractivity contribution in [3.8, 4) is 0 Å². The van der Waals surface area contributed by atoms with Crippen molar-refractivity contribution in [1.82, 2.24) is 9.97 Å². The Morgan fingerprint density at radius 1 is 1.00 bits per heavy atom. The van der Waals surface area contributed by atoms with E-state index < -0.39 is 0 Å². The van der Waals surface area contributed by atoms with Gasteiger partial charge in [-0.3, -0.25) is 0 Å². The van der Waals surface area contributed by atoms with Gasteiger partial charge in [0.15, 0.2) is 0 Å². The normalized spacial score (nSPS) is 10.3. The summed E-state index contributed by atoms with van der Waals surface area (Å²) in [5, 5.41) is 3.80. The quantitative estimate of drug-likeness (QED) is 0.714. The van der Waals surface area contributed by atoms with Gasteiger partial charge >= 0.3 is 0 Å². The van der Waals surface area contributed by atoms with Crippen LogP contribution in [0.15, 0.2) is 66.9 Å². The molecule has 1 heterocycles. The summed E-state index contributed by atoms with van der Waals surface area (Å²) in [5.41, 5.74) is 1.88. The molecule has 0 fully saturated rings. The Kier molecular flexibility index (Phi) is 4.74. The third-order valence-electron chi connectivity index (χ3n) is 3.42. The van der Waals surface area contributed by atoms with E-state index in [4.69, 9.17) is 11.6 Å². The van der Waals surface area contributed by atoms with Crippen LogP contribution in [0.25, 0.3) is 0 Å². The molecular formula is C18H17ClN4. The van der Waals surface area contributed by atoms with Crippen molar-refractivity contribution in [2.24, 2.45) is 0 Å². The van der Waals surface area contributed by atoms with Gasteiger partial charge < -0.3 is 10.2 Å². The van der Waals surface area contributed by atoms with Crippen LogP contribution >= 0.6 is 11.6 Å². The topological polar surface area (TPSA) is 41.1 Å². The number of rotatable bonds is 5. The van der Waals surface area contributed by atoms with Crippen LogP contribution in [0.4, 0.5) is 23.1 Å². The number of nitrogens with one attached hydrogen (secondary N) is 1. The van der Waals surface area contributed by atoms with E-state index in [-0.39, 0.29) is 0 Å². The first-order valence-electron chi connectivity index (χ1n) is 7.45. The molecule has 0 amide bonds. The van der Waals surface area contributed by atoms with Crippen LogP contribution < -0.4 is 10.2 Å². The minimum atomic E-state index is 0.519. The number of aromatic nitrogens is 2. The molecule has 0 spiro atoms. The third-order valence-corrected chi connectivity index (χ3v) is 3.75. The summed E-state index contributed by atoms with van der Waals surface area (Å²) >= 11 is 6.17. The van der Waals surface area contributed by atoms with Crippen molar-refractivity contribution >= 4 is 34.7 Å². The average Bonchev–Trinajstić information content (AvgIpc) is 2.59. The van der Waals surface area contributed by atoms with Crippen LogP contribution in [-0.2, 0) is 0 Å². The SMILES string of the molecule is CCN(c1ccccc1)c1ccnc(Nc2ccccc2Cl)n1. The second-order valence-electron chi connectivity index (χ2n) is 4.92. The predicted molar refractivity (Wildman–Crippen MR) is 95.9 cm³/mol. The van der Waals surface area contributed by atoms with Crippen molar-refractivity contribution in [2.75, 3.05) is 16.8 Å². The van der Waals surface area contributed by atoms with Crippen molar-refractivity contribution in [3.63, 3.8) is 0 Å². The highest BCUT2D eigenvalue weighted by molar-refractivity contribution is 6.33. The largest absolute Gasteiger partial charge is 0.327 e. The predicted octanol–water partition coefficient (Wildman–Crippen LogP) is 5.03. The lowest BCUT2D eigenvalue weighted by molar-refractivity contribution is 0.979. The number of hydrogen-bond donors (Lipinski definition) is 1. The Morgan fingerprint density at radius 3 is 2.48 bits per heavy atom. The summed E-state index contributed by atoms with van der Waals surface area (Å²) in [7, 11) is 0. The molecule has 0 aliphatic rings. The fourth-order valence-corrected chi connectivity index (χ4v) is 2.51. The fourth-order valence-electron chi connectivity index (χ4n) is 2.33. The molecule has 116 valence electrons. The maximum absolute atomic E-state index is 6.17. The molecule has 4 nitrogen and oxygen atoms in total. The third kappa shape index (κ3) is 3.60. The van der Waals surface area contributed by atoms with E-state index >= 15 is 0 Å². The average molecular weight is 325 g/mol. The molecule has 2 aromatic carbocycles. The molecule has 0 bridgehead atoms. The number of hydrogen-bond acceptors (Lipinski definition) is 4. The summed E-state index contributed by atoms with van der Waals surface area (Å²) in [5.74, 6) is 1.35. The summed E-state index contributed by atoms with van der Waals surface area (Å²) < 4.78 is 0. The lowest BCUT2D eigenvalue weighted by Crippen LogP contribution is -2.17. The van der Waals surface area contributed by atoms with Gasteiger partial charge in [-0.05, 0) is 37.3 Å². The number of para-hydroxylation sites is 2. The van der Waals surface area contributed by atoms with Crippen LogP contribution in [0.3, 0.4) is 0 Å². The van der Waals surface area contributed by atoms with E-state index in [1.807, 2.05) is 48.5 Å². The standard InChI is InChI=1S/C18H17ClN4/c1-2-23(14-8-4-3-5-9-14)17-12-13-20-18(22-17)21-16-11-7-6-10-15(16)19/h3-13H,2H2,1H3,(H,20,21,22). The first kappa shape index (κ1) is 15.3. The number of benzene rings is 2. The zero-order valence-corrected chi connectivity index (χ0v) is 13.5. The van der Waals surface area contributed by atoms with Crippen LogP contribution in [0.1, 0.15) is 6.92 Å². The van der Waals surface area contributed by atoms with Gasteiger partial charge in [0, 0.05) is 18.4 Å². The van der Waals surface area contributed by atoms with E-state index in [1.165, 1.54) is 0 Å². The smallest absolute Gasteiger partial charge is 0.229 e. The zero-order chi connectivity index (χ0) is 16.1. The monoisotopic (exact) mass is 324 g/mol. The van der Waals surface area contributed by atoms with Gasteiger partial charge in [-0.25, -0.2) is 4.98 Å². The van der Waals surface area contributed by atoms with Crippen LogP contribution in [0.5, 0.6) is 0 Å². The highest BCUT2D eigenvalue weighted by Crippen LogP contribution is 2.26. The van der Waals surface area contributed by atoms with Crippen LogP contribution in [0.2, 0.25) is 5.02 Å². The fraction of sp³-hybridized carbons (Fsp3) is 0.111. The van der Waals surface area contributed by atoms with Crippen molar-refractivity contribution in [3.05, 3.63) is 71.9 Å². The first-order valence-corrected chi connectivity index (χ1v) is 7.83. The van der Waals surface area contributed by atoms with E-state index in [0.717, 1.165) is 23.7 Å². The van der Waals surface area contributed by atoms with Gasteiger partial charge in [0.2, 0.25) is 5.95 Å². The van der Waals surface area contributed by atoms with E-state index in [2.05, 4.69) is 39.2 Å². The van der Waals surface area contributed by atoms with Gasteiger partial charge in [0.1, 0.15) is 5.82 Å². The molecule has 23 heavy (non-hydrogen) atoms. The molecule has 0 aliphatic carbocycles. The molecule has 0 saturated carbocycles. The highest BCUT2D eigenvalue weighted by Gasteiger charge is 2.10. The van der Waals surface area contributed by atoms with Gasteiger partial charge in [-0.1, -0.05) is 41.9 Å². The van der Waals surface area contributed by atoms with E-state index in [9.17, 15) is 0 Å². The molecule has 0 aliphatic heterocycles. The van der Waals surface area contributed by atoms with Crippen molar-refractivity contribution in [1.29, 1.82) is 0 Å². The Morgan fingerprint density at radius 2 is 1.74 bits per heavy atom. The molecule has 0 radical (unpaired) electrons. The number of anilines is 4. The Labute approximate surface area is 140 Å². The Bertz CT molecular complexity index is 777.